The van der Waals surface area contributed by atoms with E-state index in [1.165, 1.54) is 57.8 Å². The summed E-state index contributed by atoms with van der Waals surface area (Å²) in [5.41, 5.74) is 0. The van der Waals surface area contributed by atoms with Crippen LogP contribution in [0.5, 0.6) is 0 Å². The van der Waals surface area contributed by atoms with E-state index < -0.39 is 67.4 Å². The van der Waals surface area contributed by atoms with E-state index in [1.54, 1.807) is 6.08 Å². The number of esters is 1. The van der Waals surface area contributed by atoms with Crippen molar-refractivity contribution in [2.75, 3.05) is 13.2 Å². The molecule has 0 aliphatic carbocycles. The Labute approximate surface area is 418 Å². The van der Waals surface area contributed by atoms with Gasteiger partial charge in [-0.15, -0.1) is 0 Å². The van der Waals surface area contributed by atoms with Gasteiger partial charge < -0.3 is 45.1 Å². The zero-order chi connectivity index (χ0) is 50.4. The highest BCUT2D eigenvalue weighted by Gasteiger charge is 2.47. The summed E-state index contributed by atoms with van der Waals surface area (Å²) >= 11 is 0. The Balaban J connectivity index is 2.80. The Morgan fingerprint density at radius 1 is 0.594 bits per heavy atom. The van der Waals surface area contributed by atoms with E-state index in [9.17, 15) is 35.1 Å². The van der Waals surface area contributed by atoms with E-state index in [0.717, 1.165) is 83.5 Å². The van der Waals surface area contributed by atoms with Gasteiger partial charge in [-0.25, -0.2) is 0 Å². The number of unbranched alkanes of at least 4 members (excludes halogenated alkanes) is 19. The quantitative estimate of drug-likeness (QED) is 0.0149. The van der Waals surface area contributed by atoms with E-state index in [-0.39, 0.29) is 19.4 Å². The number of ether oxygens (including phenoxy) is 3. The molecule has 11 nitrogen and oxygen atoms in total. The van der Waals surface area contributed by atoms with Gasteiger partial charge in [0.25, 0.3) is 0 Å². The number of carbonyl (C=O) groups is 2. The van der Waals surface area contributed by atoms with Gasteiger partial charge in [0.1, 0.15) is 24.4 Å². The molecule has 0 aromatic carbocycles. The number of rotatable bonds is 43. The van der Waals surface area contributed by atoms with Gasteiger partial charge in [0, 0.05) is 6.42 Å². The van der Waals surface area contributed by atoms with Crippen LogP contribution in [0, 0.1) is 0 Å². The number of aliphatic hydroxyl groups is 5. The minimum absolute atomic E-state index is 0.0215. The summed E-state index contributed by atoms with van der Waals surface area (Å²) in [6.45, 7) is 5.53. The SMILES string of the molecule is CC/C=C/C=C/C=C\C=C/C=C/CCCC(=O)OC1C(OCC(NC(=O)C(O)CCCCCCCC/C=C\C/C=C\CCCCC)C(O)/C=C/CCCCCCCCCCC)OC(CO)C(O)C1O. The number of allylic oxidation sites excluding steroid dienone is 15. The fourth-order valence-electron chi connectivity index (χ4n) is 7.77. The topological polar surface area (TPSA) is 175 Å². The van der Waals surface area contributed by atoms with Gasteiger partial charge in [0.2, 0.25) is 5.91 Å². The molecule has 11 heteroatoms. The molecule has 1 rings (SSSR count). The standard InChI is InChI=1S/C58H97NO10/c1-4-7-10-13-16-19-22-24-25-26-28-30-33-36-39-42-45-51(62)57(66)59-49(50(61)44-41-38-35-32-29-21-18-15-12-9-6-3)48-67-58-56(55(65)54(64)52(47-60)68-58)69-53(63)46-43-40-37-34-31-27-23-20-17-14-11-8-5-2/h8,11,14,16-17,19-20,23-25,27,31,34,37,41,44,49-52,54-56,58,60-62,64-65H,4-7,9-10,12-13,15,18,21-22,26,28-30,32-33,35-36,38-40,42-43,45-48H2,1-3H3,(H,59,66)/b11-8+,17-14+,19-16-,23-20-,25-24-,31-27-,37-34+,44-41+. The summed E-state index contributed by atoms with van der Waals surface area (Å²) in [4.78, 5) is 26.3. The first-order valence-electron chi connectivity index (χ1n) is 27.1. The molecule has 0 aromatic heterocycles. The van der Waals surface area contributed by atoms with Crippen LogP contribution in [0.2, 0.25) is 0 Å². The maximum absolute atomic E-state index is 13.3. The second-order valence-corrected chi connectivity index (χ2v) is 18.3. The molecule has 1 saturated heterocycles. The molecule has 8 unspecified atom stereocenters. The average Bonchev–Trinajstić information content (AvgIpc) is 3.34. The molecular formula is C58H97NO10. The summed E-state index contributed by atoms with van der Waals surface area (Å²) in [5, 5.41) is 56.6. The van der Waals surface area contributed by atoms with Crippen molar-refractivity contribution in [1.29, 1.82) is 0 Å². The van der Waals surface area contributed by atoms with E-state index in [1.807, 2.05) is 60.8 Å². The van der Waals surface area contributed by atoms with E-state index in [4.69, 9.17) is 14.2 Å². The molecule has 1 aliphatic heterocycles. The third-order valence-corrected chi connectivity index (χ3v) is 12.1. The molecule has 1 fully saturated rings. The van der Waals surface area contributed by atoms with Crippen LogP contribution in [0.25, 0.3) is 0 Å². The van der Waals surface area contributed by atoms with Crippen LogP contribution in [-0.4, -0.2) is 99.6 Å². The van der Waals surface area contributed by atoms with Gasteiger partial charge in [0.05, 0.1) is 25.4 Å². The first-order valence-corrected chi connectivity index (χ1v) is 27.1. The molecule has 0 saturated carbocycles. The molecular weight excluding hydrogens is 871 g/mol. The van der Waals surface area contributed by atoms with Gasteiger partial charge in [-0.2, -0.15) is 0 Å². The normalized spacial score (nSPS) is 20.6. The number of carbonyl (C=O) groups excluding carboxylic acids is 2. The van der Waals surface area contributed by atoms with Gasteiger partial charge in [0.15, 0.2) is 12.4 Å². The predicted octanol–water partition coefficient (Wildman–Crippen LogP) is 11.6. The van der Waals surface area contributed by atoms with Crippen LogP contribution in [0.3, 0.4) is 0 Å². The molecule has 1 aliphatic rings. The fourth-order valence-corrected chi connectivity index (χ4v) is 7.77. The van der Waals surface area contributed by atoms with Crippen LogP contribution < -0.4 is 5.32 Å². The summed E-state index contributed by atoms with van der Waals surface area (Å²) in [5.74, 6) is -1.29. The molecule has 0 bridgehead atoms. The molecule has 1 amide bonds. The van der Waals surface area contributed by atoms with Crippen LogP contribution >= 0.6 is 0 Å². The van der Waals surface area contributed by atoms with Gasteiger partial charge >= 0.3 is 5.97 Å². The smallest absolute Gasteiger partial charge is 0.306 e. The lowest BCUT2D eigenvalue weighted by Gasteiger charge is -2.41. The fraction of sp³-hybridized carbons (Fsp3) is 0.690. The van der Waals surface area contributed by atoms with Crippen molar-refractivity contribution >= 4 is 11.9 Å². The van der Waals surface area contributed by atoms with E-state index >= 15 is 0 Å². The average molecular weight is 968 g/mol. The van der Waals surface area contributed by atoms with Gasteiger partial charge in [-0.1, -0.05) is 214 Å². The molecule has 0 aromatic rings. The van der Waals surface area contributed by atoms with Crippen molar-refractivity contribution in [3.63, 3.8) is 0 Å². The van der Waals surface area contributed by atoms with Crippen molar-refractivity contribution < 1.29 is 49.3 Å². The maximum Gasteiger partial charge on any atom is 0.306 e. The Morgan fingerprint density at radius 2 is 1.10 bits per heavy atom. The molecule has 69 heavy (non-hydrogen) atoms. The van der Waals surface area contributed by atoms with Crippen LogP contribution in [0.1, 0.15) is 194 Å². The number of aliphatic hydroxyl groups excluding tert-OH is 5. The van der Waals surface area contributed by atoms with Gasteiger partial charge in [-0.05, 0) is 70.6 Å². The zero-order valence-electron chi connectivity index (χ0n) is 43.1. The lowest BCUT2D eigenvalue weighted by atomic mass is 9.99. The minimum Gasteiger partial charge on any atom is -0.454 e. The van der Waals surface area contributed by atoms with Crippen molar-refractivity contribution in [1.82, 2.24) is 5.32 Å². The van der Waals surface area contributed by atoms with E-state index in [2.05, 4.69) is 56.5 Å². The molecule has 6 N–H and O–H groups in total. The molecule has 394 valence electrons. The zero-order valence-corrected chi connectivity index (χ0v) is 43.1. The Kier molecular flexibility index (Phi) is 42.1. The highest BCUT2D eigenvalue weighted by molar-refractivity contribution is 5.80. The minimum atomic E-state index is -1.65. The van der Waals surface area contributed by atoms with Crippen molar-refractivity contribution in [3.05, 3.63) is 97.2 Å². The summed E-state index contributed by atoms with van der Waals surface area (Å²) in [6, 6.07) is -1.05. The Hall–Kier alpha value is -3.42. The first-order chi connectivity index (χ1) is 33.7. The van der Waals surface area contributed by atoms with Crippen LogP contribution in [-0.2, 0) is 23.8 Å². The number of hydrogen-bond donors (Lipinski definition) is 6. The molecule has 0 spiro atoms. The number of hydrogen-bond acceptors (Lipinski definition) is 10. The van der Waals surface area contributed by atoms with Crippen molar-refractivity contribution in [2.24, 2.45) is 0 Å². The summed E-state index contributed by atoms with van der Waals surface area (Å²) in [6.07, 6.45) is 48.9. The van der Waals surface area contributed by atoms with Crippen LogP contribution in [0.15, 0.2) is 97.2 Å². The second-order valence-electron chi connectivity index (χ2n) is 18.3. The lowest BCUT2D eigenvalue weighted by Crippen LogP contribution is -2.61. The number of nitrogens with one attached hydrogen (secondary N) is 1. The third-order valence-electron chi connectivity index (χ3n) is 12.1. The summed E-state index contributed by atoms with van der Waals surface area (Å²) < 4.78 is 17.4. The Bertz CT molecular complexity index is 1480. The summed E-state index contributed by atoms with van der Waals surface area (Å²) in [7, 11) is 0. The maximum atomic E-state index is 13.3. The largest absolute Gasteiger partial charge is 0.454 e. The molecule has 8 atom stereocenters. The van der Waals surface area contributed by atoms with Crippen molar-refractivity contribution in [2.45, 2.75) is 243 Å². The van der Waals surface area contributed by atoms with Crippen LogP contribution in [0.4, 0.5) is 0 Å². The highest BCUT2D eigenvalue weighted by Crippen LogP contribution is 2.26. The predicted molar refractivity (Wildman–Crippen MR) is 282 cm³/mol. The third kappa shape index (κ3) is 34.5. The lowest BCUT2D eigenvalue weighted by molar-refractivity contribution is -0.305. The van der Waals surface area contributed by atoms with Crippen molar-refractivity contribution in [3.8, 4) is 0 Å². The second kappa shape index (κ2) is 45.7. The molecule has 0 radical (unpaired) electrons. The number of amides is 1. The van der Waals surface area contributed by atoms with Gasteiger partial charge in [-0.3, -0.25) is 9.59 Å². The first kappa shape index (κ1) is 63.6. The highest BCUT2D eigenvalue weighted by atomic mass is 16.7. The monoisotopic (exact) mass is 968 g/mol. The Morgan fingerprint density at radius 3 is 1.70 bits per heavy atom. The molecule has 1 heterocycles. The van der Waals surface area contributed by atoms with E-state index in [0.29, 0.717) is 19.3 Å².